The van der Waals surface area contributed by atoms with Crippen LogP contribution in [-0.2, 0) is 4.74 Å². The summed E-state index contributed by atoms with van der Waals surface area (Å²) in [5, 5.41) is 15.3. The van der Waals surface area contributed by atoms with E-state index in [2.05, 4.69) is 12.2 Å². The first-order chi connectivity index (χ1) is 7.75. The summed E-state index contributed by atoms with van der Waals surface area (Å²) in [5.74, 6) is 0. The monoisotopic (exact) mass is 241 g/mol. The molecular formula is C12H19NO2S. The number of aliphatic hydroxyl groups excluding tert-OH is 1. The van der Waals surface area contributed by atoms with Crippen molar-refractivity contribution in [3.05, 3.63) is 22.4 Å². The lowest BCUT2D eigenvalue weighted by Gasteiger charge is -2.28. The van der Waals surface area contributed by atoms with Gasteiger partial charge < -0.3 is 15.2 Å². The number of rotatable bonds is 4. The molecule has 3 atom stereocenters. The van der Waals surface area contributed by atoms with Crippen LogP contribution in [0.4, 0.5) is 0 Å². The lowest BCUT2D eigenvalue weighted by Crippen LogP contribution is -2.39. The maximum absolute atomic E-state index is 9.92. The number of thiophene rings is 1. The van der Waals surface area contributed by atoms with E-state index in [1.54, 1.807) is 11.3 Å². The highest BCUT2D eigenvalue weighted by molar-refractivity contribution is 7.10. The maximum atomic E-state index is 9.92. The summed E-state index contributed by atoms with van der Waals surface area (Å²) in [7, 11) is 0. The molecule has 1 aromatic heterocycles. The molecule has 2 heterocycles. The van der Waals surface area contributed by atoms with Gasteiger partial charge in [0.05, 0.1) is 6.10 Å². The average molecular weight is 241 g/mol. The molecule has 1 fully saturated rings. The zero-order valence-electron chi connectivity index (χ0n) is 9.56. The van der Waals surface area contributed by atoms with E-state index in [4.69, 9.17) is 4.74 Å². The second kappa shape index (κ2) is 5.77. The molecule has 90 valence electrons. The molecular weight excluding hydrogens is 222 g/mol. The first-order valence-corrected chi connectivity index (χ1v) is 6.70. The van der Waals surface area contributed by atoms with Crippen molar-refractivity contribution in [1.29, 1.82) is 0 Å². The Balaban J connectivity index is 1.74. The summed E-state index contributed by atoms with van der Waals surface area (Å²) in [5.41, 5.74) is 0. The third-order valence-corrected chi connectivity index (χ3v) is 3.93. The van der Waals surface area contributed by atoms with E-state index in [1.165, 1.54) is 0 Å². The summed E-state index contributed by atoms with van der Waals surface area (Å²) < 4.78 is 5.49. The van der Waals surface area contributed by atoms with Gasteiger partial charge in [-0.1, -0.05) is 6.07 Å². The number of ether oxygens (including phenoxy) is 1. The molecule has 1 aliphatic heterocycles. The van der Waals surface area contributed by atoms with Crippen LogP contribution in [0.5, 0.6) is 0 Å². The van der Waals surface area contributed by atoms with Gasteiger partial charge in [-0.2, -0.15) is 0 Å². The van der Waals surface area contributed by atoms with Gasteiger partial charge in [-0.3, -0.25) is 0 Å². The second-order valence-corrected chi connectivity index (χ2v) is 5.32. The van der Waals surface area contributed by atoms with Crippen LogP contribution >= 0.6 is 11.3 Å². The maximum Gasteiger partial charge on any atom is 0.101 e. The molecule has 0 aromatic carbocycles. The van der Waals surface area contributed by atoms with Gasteiger partial charge in [-0.25, -0.2) is 0 Å². The van der Waals surface area contributed by atoms with Gasteiger partial charge in [-0.15, -0.1) is 11.3 Å². The molecule has 0 radical (unpaired) electrons. The highest BCUT2D eigenvalue weighted by Crippen LogP contribution is 2.19. The molecule has 16 heavy (non-hydrogen) atoms. The molecule has 1 aromatic rings. The lowest BCUT2D eigenvalue weighted by molar-refractivity contribution is 0.0110. The molecule has 0 amide bonds. The Kier molecular flexibility index (Phi) is 4.35. The molecule has 1 saturated heterocycles. The minimum absolute atomic E-state index is 0.338. The van der Waals surface area contributed by atoms with Crippen LogP contribution in [0.1, 0.15) is 30.7 Å². The largest absolute Gasteiger partial charge is 0.386 e. The van der Waals surface area contributed by atoms with Crippen molar-refractivity contribution >= 4 is 11.3 Å². The molecule has 3 nitrogen and oxygen atoms in total. The molecule has 4 heteroatoms. The Morgan fingerprint density at radius 2 is 2.56 bits per heavy atom. The third kappa shape index (κ3) is 3.28. The van der Waals surface area contributed by atoms with Crippen molar-refractivity contribution in [2.24, 2.45) is 0 Å². The summed E-state index contributed by atoms with van der Waals surface area (Å²) in [6.45, 7) is 3.56. The molecule has 2 N–H and O–H groups in total. The van der Waals surface area contributed by atoms with Crippen molar-refractivity contribution in [3.8, 4) is 0 Å². The minimum Gasteiger partial charge on any atom is -0.386 e. The highest BCUT2D eigenvalue weighted by atomic mass is 32.1. The van der Waals surface area contributed by atoms with Crippen LogP contribution in [0, 0.1) is 0 Å². The standard InChI is InChI=1S/C12H19NO2S/c1-9-7-10(4-5-15-9)13-8-11(14)12-3-2-6-16-12/h2-3,6,9-11,13-14H,4-5,7-8H2,1H3. The Morgan fingerprint density at radius 3 is 3.25 bits per heavy atom. The normalized spacial score (nSPS) is 27.9. The lowest BCUT2D eigenvalue weighted by atomic mass is 10.0. The summed E-state index contributed by atoms with van der Waals surface area (Å²) >= 11 is 1.60. The van der Waals surface area contributed by atoms with E-state index in [9.17, 15) is 5.11 Å². The van der Waals surface area contributed by atoms with E-state index >= 15 is 0 Å². The topological polar surface area (TPSA) is 41.5 Å². The van der Waals surface area contributed by atoms with Crippen LogP contribution in [-0.4, -0.2) is 30.4 Å². The van der Waals surface area contributed by atoms with Gasteiger partial charge >= 0.3 is 0 Å². The van der Waals surface area contributed by atoms with E-state index in [0.717, 1.165) is 24.3 Å². The Hall–Kier alpha value is -0.420. The third-order valence-electron chi connectivity index (χ3n) is 2.96. The van der Waals surface area contributed by atoms with Crippen molar-refractivity contribution in [3.63, 3.8) is 0 Å². The van der Waals surface area contributed by atoms with Crippen LogP contribution in [0.25, 0.3) is 0 Å². The Morgan fingerprint density at radius 1 is 1.69 bits per heavy atom. The summed E-state index contributed by atoms with van der Waals surface area (Å²) in [6.07, 6.45) is 2.04. The van der Waals surface area contributed by atoms with E-state index in [1.807, 2.05) is 17.5 Å². The van der Waals surface area contributed by atoms with Crippen LogP contribution in [0.2, 0.25) is 0 Å². The van der Waals surface area contributed by atoms with Gasteiger partial charge in [0, 0.05) is 24.1 Å². The fraction of sp³-hybridized carbons (Fsp3) is 0.667. The van der Waals surface area contributed by atoms with Crippen molar-refractivity contribution < 1.29 is 9.84 Å². The zero-order chi connectivity index (χ0) is 11.4. The van der Waals surface area contributed by atoms with Crippen LogP contribution < -0.4 is 5.32 Å². The smallest absolute Gasteiger partial charge is 0.101 e. The van der Waals surface area contributed by atoms with Gasteiger partial charge in [0.15, 0.2) is 0 Å². The number of nitrogens with one attached hydrogen (secondary N) is 1. The Bertz CT molecular complexity index is 302. The van der Waals surface area contributed by atoms with Gasteiger partial charge in [0.25, 0.3) is 0 Å². The van der Waals surface area contributed by atoms with Crippen molar-refractivity contribution in [1.82, 2.24) is 5.32 Å². The SMILES string of the molecule is CC1CC(NCC(O)c2cccs2)CCO1. The molecule has 0 saturated carbocycles. The molecule has 0 aliphatic carbocycles. The Labute approximate surface area is 100 Å². The fourth-order valence-corrected chi connectivity index (χ4v) is 2.76. The first-order valence-electron chi connectivity index (χ1n) is 5.82. The van der Waals surface area contributed by atoms with Gasteiger partial charge in [0.1, 0.15) is 6.10 Å². The van der Waals surface area contributed by atoms with Crippen LogP contribution in [0.3, 0.4) is 0 Å². The number of hydrogen-bond acceptors (Lipinski definition) is 4. The number of aliphatic hydroxyl groups is 1. The van der Waals surface area contributed by atoms with Crippen molar-refractivity contribution in [2.75, 3.05) is 13.2 Å². The molecule has 0 spiro atoms. The molecule has 2 rings (SSSR count). The van der Waals surface area contributed by atoms with E-state index < -0.39 is 0 Å². The van der Waals surface area contributed by atoms with Gasteiger partial charge in [-0.05, 0) is 31.2 Å². The summed E-state index contributed by atoms with van der Waals surface area (Å²) in [6, 6.07) is 4.43. The highest BCUT2D eigenvalue weighted by Gasteiger charge is 2.19. The van der Waals surface area contributed by atoms with Crippen LogP contribution in [0.15, 0.2) is 17.5 Å². The van der Waals surface area contributed by atoms with Gasteiger partial charge in [0.2, 0.25) is 0 Å². The van der Waals surface area contributed by atoms with Crippen molar-refractivity contribution in [2.45, 2.75) is 38.0 Å². The summed E-state index contributed by atoms with van der Waals surface area (Å²) in [4.78, 5) is 1.03. The predicted octanol–water partition coefficient (Wildman–Crippen LogP) is 1.94. The van der Waals surface area contributed by atoms with E-state index in [-0.39, 0.29) is 6.10 Å². The van der Waals surface area contributed by atoms with E-state index in [0.29, 0.717) is 18.7 Å². The predicted molar refractivity (Wildman–Crippen MR) is 65.7 cm³/mol. The fourth-order valence-electron chi connectivity index (χ4n) is 2.04. The molecule has 0 bridgehead atoms. The average Bonchev–Trinajstić information content (AvgIpc) is 2.79. The first kappa shape index (κ1) is 12.0. The quantitative estimate of drug-likeness (QED) is 0.846. The molecule has 1 aliphatic rings. The minimum atomic E-state index is -0.377. The molecule has 3 unspecified atom stereocenters. The second-order valence-electron chi connectivity index (χ2n) is 4.34. The number of hydrogen-bond donors (Lipinski definition) is 2. The zero-order valence-corrected chi connectivity index (χ0v) is 10.4.